The molecule has 1 aliphatic rings. The summed E-state index contributed by atoms with van der Waals surface area (Å²) in [5.41, 5.74) is 1.65. The minimum absolute atomic E-state index is 0.0455. The zero-order valence-corrected chi connectivity index (χ0v) is 17.5. The van der Waals surface area contributed by atoms with Crippen molar-refractivity contribution in [3.63, 3.8) is 0 Å². The van der Waals surface area contributed by atoms with Crippen LogP contribution in [-0.2, 0) is 22.1 Å². The lowest BCUT2D eigenvalue weighted by Crippen LogP contribution is -2.36. The maximum Gasteiger partial charge on any atom is 0.340 e. The Morgan fingerprint density at radius 1 is 1.20 bits per heavy atom. The fraction of sp³-hybridized carbons (Fsp3) is 0.429. The molecule has 1 saturated heterocycles. The van der Waals surface area contributed by atoms with Gasteiger partial charge in [-0.1, -0.05) is 28.6 Å². The van der Waals surface area contributed by atoms with Crippen LogP contribution in [0.3, 0.4) is 0 Å². The van der Waals surface area contributed by atoms with E-state index in [2.05, 4.69) is 9.23 Å². The highest BCUT2D eigenvalue weighted by Crippen LogP contribution is 2.40. The molecule has 0 bridgehead atoms. The third kappa shape index (κ3) is 5.99. The molecule has 2 aromatic carbocycles. The molecule has 2 N–H and O–H groups in total. The Morgan fingerprint density at radius 3 is 2.53 bits per heavy atom. The van der Waals surface area contributed by atoms with E-state index in [-0.39, 0.29) is 23.2 Å². The second kappa shape index (κ2) is 10.8. The number of piperidine rings is 1. The van der Waals surface area contributed by atoms with Gasteiger partial charge in [-0.25, -0.2) is 4.39 Å². The van der Waals surface area contributed by atoms with Crippen LogP contribution in [0.5, 0.6) is 11.5 Å². The minimum atomic E-state index is -2.58. The van der Waals surface area contributed by atoms with Gasteiger partial charge in [0, 0.05) is 12.1 Å². The normalized spacial score (nSPS) is 17.5. The van der Waals surface area contributed by atoms with Crippen LogP contribution in [0.25, 0.3) is 0 Å². The van der Waals surface area contributed by atoms with Crippen molar-refractivity contribution in [2.45, 2.75) is 25.4 Å². The van der Waals surface area contributed by atoms with Crippen molar-refractivity contribution in [2.75, 3.05) is 26.7 Å². The summed E-state index contributed by atoms with van der Waals surface area (Å²) in [6.07, 6.45) is 1.72. The molecule has 30 heavy (non-hydrogen) atoms. The summed E-state index contributed by atoms with van der Waals surface area (Å²) in [5, 5.41) is 10.9. The van der Waals surface area contributed by atoms with Gasteiger partial charge in [0.1, 0.15) is 5.82 Å². The molecule has 2 aromatic rings. The molecule has 0 amide bonds. The van der Waals surface area contributed by atoms with Crippen LogP contribution < -0.4 is 9.62 Å². The molecule has 0 saturated carbocycles. The van der Waals surface area contributed by atoms with Crippen LogP contribution in [0.2, 0.25) is 0 Å². The molecular weight excluding hydrogens is 413 g/mol. The third-order valence-electron chi connectivity index (χ3n) is 5.42. The fourth-order valence-corrected chi connectivity index (χ4v) is 3.93. The van der Waals surface area contributed by atoms with Gasteiger partial charge in [-0.05, 0) is 62.0 Å². The number of hydrogen-bond acceptors (Lipinski definition) is 6. The quantitative estimate of drug-likeness (QED) is 0.352. The molecule has 7 nitrogen and oxygen atoms in total. The number of aliphatic hydroxyl groups excluding tert-OH is 1. The van der Waals surface area contributed by atoms with Crippen molar-refractivity contribution in [3.05, 3.63) is 59.4 Å². The van der Waals surface area contributed by atoms with Crippen molar-refractivity contribution >= 4 is 11.4 Å². The Labute approximate surface area is 177 Å². The third-order valence-corrected chi connectivity index (χ3v) is 5.61. The van der Waals surface area contributed by atoms with Crippen molar-refractivity contribution < 1.29 is 32.2 Å². The summed E-state index contributed by atoms with van der Waals surface area (Å²) < 4.78 is 42.1. The Balaban J connectivity index is 1.56. The average molecular weight is 440 g/mol. The monoisotopic (exact) mass is 439 g/mol. The molecule has 1 fully saturated rings. The zero-order valence-electron chi connectivity index (χ0n) is 16.7. The first kappa shape index (κ1) is 22.6. The summed E-state index contributed by atoms with van der Waals surface area (Å²) in [5.74, 6) is 0.209. The number of para-hydroxylation sites is 1. The molecule has 3 rings (SSSR count). The number of hydrogen-bond donors (Lipinski definition) is 2. The van der Waals surface area contributed by atoms with Crippen LogP contribution in [0.15, 0.2) is 42.5 Å². The van der Waals surface area contributed by atoms with E-state index in [0.29, 0.717) is 5.56 Å². The van der Waals surface area contributed by atoms with E-state index in [1.807, 2.05) is 12.1 Å². The lowest BCUT2D eigenvalue weighted by Gasteiger charge is -2.34. The number of methoxy groups -OCH3 is 1. The van der Waals surface area contributed by atoms with Crippen LogP contribution in [0, 0.1) is 11.7 Å². The number of benzene rings is 2. The first-order valence-corrected chi connectivity index (χ1v) is 10.8. The number of likely N-dealkylation sites (tertiary alicyclic amines) is 1. The van der Waals surface area contributed by atoms with Crippen LogP contribution in [-0.4, -0.2) is 45.5 Å². The van der Waals surface area contributed by atoms with E-state index >= 15 is 0 Å². The molecule has 0 aliphatic carbocycles. The van der Waals surface area contributed by atoms with Gasteiger partial charge in [0.2, 0.25) is 5.75 Å². The van der Waals surface area contributed by atoms with Crippen molar-refractivity contribution in [1.82, 2.24) is 4.90 Å². The van der Waals surface area contributed by atoms with Gasteiger partial charge in [0.25, 0.3) is 0 Å². The Morgan fingerprint density at radius 2 is 1.90 bits per heavy atom. The SMILES string of the molecule is COc1c(OOS(=O)O)cccc1C(O)C1CCN(CCc2ccc(F)cc2)CC1. The van der Waals surface area contributed by atoms with E-state index in [1.54, 1.807) is 12.1 Å². The number of nitrogens with zero attached hydrogens (tertiary/aromatic N) is 1. The smallest absolute Gasteiger partial charge is 0.340 e. The summed E-state index contributed by atoms with van der Waals surface area (Å²) in [6, 6.07) is 11.5. The molecule has 1 heterocycles. The second-order valence-corrected chi connectivity index (χ2v) is 7.82. The molecule has 0 aromatic heterocycles. The predicted molar refractivity (Wildman–Crippen MR) is 110 cm³/mol. The van der Waals surface area contributed by atoms with Gasteiger partial charge in [-0.2, -0.15) is 4.21 Å². The van der Waals surface area contributed by atoms with E-state index in [9.17, 15) is 13.7 Å². The Hall–Kier alpha value is -2.04. The average Bonchev–Trinajstić information content (AvgIpc) is 2.76. The van der Waals surface area contributed by atoms with Gasteiger partial charge in [-0.3, -0.25) is 4.55 Å². The fourth-order valence-electron chi connectivity index (χ4n) is 3.80. The molecule has 0 spiro atoms. The minimum Gasteiger partial charge on any atom is -0.492 e. The molecule has 2 atom stereocenters. The number of halogens is 1. The summed E-state index contributed by atoms with van der Waals surface area (Å²) in [7, 11) is 1.44. The van der Waals surface area contributed by atoms with Crippen molar-refractivity contribution in [3.8, 4) is 11.5 Å². The maximum absolute atomic E-state index is 13.0. The Bertz CT molecular complexity index is 842. The second-order valence-electron chi connectivity index (χ2n) is 7.25. The van der Waals surface area contributed by atoms with Crippen LogP contribution in [0.4, 0.5) is 4.39 Å². The summed E-state index contributed by atoms with van der Waals surface area (Å²) in [4.78, 5) is 7.19. The van der Waals surface area contributed by atoms with Gasteiger partial charge < -0.3 is 19.6 Å². The van der Waals surface area contributed by atoms with Gasteiger partial charge >= 0.3 is 11.4 Å². The molecule has 9 heteroatoms. The van der Waals surface area contributed by atoms with Crippen molar-refractivity contribution in [2.24, 2.45) is 5.92 Å². The molecule has 0 radical (unpaired) electrons. The predicted octanol–water partition coefficient (Wildman–Crippen LogP) is 3.27. The topological polar surface area (TPSA) is 88.5 Å². The van der Waals surface area contributed by atoms with Crippen molar-refractivity contribution in [1.29, 1.82) is 0 Å². The highest BCUT2D eigenvalue weighted by molar-refractivity contribution is 7.74. The molecular formula is C21H26FNO6S. The first-order valence-electron chi connectivity index (χ1n) is 9.75. The Kier molecular flexibility index (Phi) is 8.17. The standard InChI is InChI=1S/C21H26FNO6S/c1-27-21-18(3-2-4-19(21)28-29-30(25)26)20(24)16-10-13-23(14-11-16)12-9-15-5-7-17(22)8-6-15/h2-8,16,20,24H,9-14H2,1H3,(H,25,26). The number of ether oxygens (including phenoxy) is 1. The lowest BCUT2D eigenvalue weighted by molar-refractivity contribution is -0.0958. The highest BCUT2D eigenvalue weighted by Gasteiger charge is 2.29. The van der Waals surface area contributed by atoms with Gasteiger partial charge in [0.15, 0.2) is 5.75 Å². The summed E-state index contributed by atoms with van der Waals surface area (Å²) in [6.45, 7) is 2.60. The van der Waals surface area contributed by atoms with E-state index in [4.69, 9.17) is 14.2 Å². The summed E-state index contributed by atoms with van der Waals surface area (Å²) >= 11 is -2.58. The number of aliphatic hydroxyl groups is 1. The molecule has 1 aliphatic heterocycles. The number of rotatable bonds is 9. The van der Waals surface area contributed by atoms with E-state index < -0.39 is 17.5 Å². The van der Waals surface area contributed by atoms with E-state index in [1.165, 1.54) is 25.3 Å². The first-order chi connectivity index (χ1) is 14.5. The van der Waals surface area contributed by atoms with Crippen LogP contribution in [0.1, 0.15) is 30.1 Å². The van der Waals surface area contributed by atoms with Gasteiger partial charge in [-0.15, -0.1) is 0 Å². The lowest BCUT2D eigenvalue weighted by atomic mass is 9.87. The maximum atomic E-state index is 13.0. The largest absolute Gasteiger partial charge is 0.492 e. The zero-order chi connectivity index (χ0) is 21.5. The molecule has 164 valence electrons. The van der Waals surface area contributed by atoms with E-state index in [0.717, 1.165) is 44.5 Å². The highest BCUT2D eigenvalue weighted by atomic mass is 32.2. The van der Waals surface area contributed by atoms with Crippen LogP contribution >= 0.6 is 0 Å². The van der Waals surface area contributed by atoms with Gasteiger partial charge in [0.05, 0.1) is 13.2 Å². The molecule has 2 unspecified atom stereocenters.